The van der Waals surface area contributed by atoms with Crippen LogP contribution in [0.25, 0.3) is 0 Å². The van der Waals surface area contributed by atoms with Crippen LogP contribution in [-0.2, 0) is 15.6 Å². The molecule has 1 fully saturated rings. The van der Waals surface area contributed by atoms with Gasteiger partial charge in [-0.15, -0.1) is 0 Å². The van der Waals surface area contributed by atoms with Gasteiger partial charge in [0, 0.05) is 12.5 Å². The fourth-order valence-corrected chi connectivity index (χ4v) is 4.06. The van der Waals surface area contributed by atoms with Crippen LogP contribution >= 0.6 is 0 Å². The third-order valence-corrected chi connectivity index (χ3v) is 9.81. The summed E-state index contributed by atoms with van der Waals surface area (Å²) in [7, 11) is -1.69. The molecule has 0 radical (unpaired) electrons. The second-order valence-corrected chi connectivity index (χ2v) is 13.2. The van der Waals surface area contributed by atoms with Crippen LogP contribution in [0.3, 0.4) is 0 Å². The Hall–Kier alpha value is -0.643. The zero-order valence-corrected chi connectivity index (χ0v) is 16.6. The van der Waals surface area contributed by atoms with E-state index in [-0.39, 0.29) is 5.04 Å². The summed E-state index contributed by atoms with van der Waals surface area (Å²) in [6.45, 7) is 12.6. The van der Waals surface area contributed by atoms with Crippen LogP contribution < -0.4 is 0 Å². The van der Waals surface area contributed by atoms with Crippen molar-refractivity contribution < 1.29 is 9.16 Å². The van der Waals surface area contributed by atoms with Crippen molar-refractivity contribution in [2.24, 2.45) is 0 Å². The summed E-state index contributed by atoms with van der Waals surface area (Å²) >= 11 is 0. The first-order valence-electron chi connectivity index (χ1n) is 9.11. The second kappa shape index (κ2) is 7.95. The van der Waals surface area contributed by atoms with E-state index < -0.39 is 8.32 Å². The van der Waals surface area contributed by atoms with Gasteiger partial charge in [0.2, 0.25) is 0 Å². The minimum Gasteiger partial charge on any atom is -0.414 e. The number of rotatable bonds is 9. The topological polar surface area (TPSA) is 21.8 Å². The highest BCUT2D eigenvalue weighted by Gasteiger charge is 2.40. The van der Waals surface area contributed by atoms with E-state index in [1.165, 1.54) is 31.2 Å². The van der Waals surface area contributed by atoms with Gasteiger partial charge >= 0.3 is 0 Å². The largest absolute Gasteiger partial charge is 0.414 e. The van der Waals surface area contributed by atoms with Gasteiger partial charge in [-0.05, 0) is 43.0 Å². The SMILES string of the molecule is CC(C)(C)[Si](C)(C)O[C@H](CCCCc1ccccc1)C[C@@H]1CO1. The summed E-state index contributed by atoms with van der Waals surface area (Å²) in [6.07, 6.45) is 6.73. The highest BCUT2D eigenvalue weighted by molar-refractivity contribution is 6.74. The predicted octanol–water partition coefficient (Wildman–Crippen LogP) is 5.58. The van der Waals surface area contributed by atoms with Gasteiger partial charge in [-0.25, -0.2) is 0 Å². The summed E-state index contributed by atoms with van der Waals surface area (Å²) in [5.74, 6) is 0. The van der Waals surface area contributed by atoms with Crippen molar-refractivity contribution >= 4 is 8.32 Å². The summed E-state index contributed by atoms with van der Waals surface area (Å²) < 4.78 is 12.1. The van der Waals surface area contributed by atoms with Crippen LogP contribution in [0.4, 0.5) is 0 Å². The molecule has 3 heteroatoms. The summed E-state index contributed by atoms with van der Waals surface area (Å²) in [6, 6.07) is 10.8. The lowest BCUT2D eigenvalue weighted by Crippen LogP contribution is -2.44. The molecule has 1 aliphatic heterocycles. The van der Waals surface area contributed by atoms with E-state index in [0.29, 0.717) is 12.2 Å². The van der Waals surface area contributed by atoms with Crippen molar-refractivity contribution in [1.82, 2.24) is 0 Å². The number of aryl methyl sites for hydroxylation is 1. The molecule has 0 unspecified atom stereocenters. The van der Waals surface area contributed by atoms with Crippen molar-refractivity contribution in [2.75, 3.05) is 6.61 Å². The molecule has 2 nitrogen and oxygen atoms in total. The fraction of sp³-hybridized carbons (Fsp3) is 0.700. The van der Waals surface area contributed by atoms with Crippen LogP contribution in [0.15, 0.2) is 30.3 Å². The Morgan fingerprint density at radius 1 is 1.17 bits per heavy atom. The van der Waals surface area contributed by atoms with E-state index in [1.54, 1.807) is 0 Å². The average Bonchev–Trinajstić information content (AvgIpc) is 3.27. The zero-order chi connectivity index (χ0) is 16.9. The Labute approximate surface area is 143 Å². The molecule has 0 bridgehead atoms. The Balaban J connectivity index is 1.79. The van der Waals surface area contributed by atoms with Crippen LogP contribution in [0.1, 0.15) is 52.0 Å². The third-order valence-electron chi connectivity index (χ3n) is 5.28. The molecule has 2 atom stereocenters. The third kappa shape index (κ3) is 6.40. The lowest BCUT2D eigenvalue weighted by molar-refractivity contribution is 0.146. The molecule has 1 aromatic rings. The maximum Gasteiger partial charge on any atom is 0.192 e. The lowest BCUT2D eigenvalue weighted by Gasteiger charge is -2.39. The highest BCUT2D eigenvalue weighted by atomic mass is 28.4. The molecule has 0 N–H and O–H groups in total. The van der Waals surface area contributed by atoms with E-state index >= 15 is 0 Å². The number of epoxide rings is 1. The molecule has 23 heavy (non-hydrogen) atoms. The normalized spacial score (nSPS) is 19.6. The van der Waals surface area contributed by atoms with Crippen molar-refractivity contribution in [3.8, 4) is 0 Å². The molecule has 0 spiro atoms. The van der Waals surface area contributed by atoms with E-state index in [0.717, 1.165) is 13.0 Å². The highest BCUT2D eigenvalue weighted by Crippen LogP contribution is 2.38. The maximum atomic E-state index is 6.66. The number of benzene rings is 1. The number of unbranched alkanes of at least 4 members (excludes halogenated alkanes) is 1. The first-order valence-corrected chi connectivity index (χ1v) is 12.0. The number of hydrogen-bond donors (Lipinski definition) is 0. The van der Waals surface area contributed by atoms with Gasteiger partial charge in [0.15, 0.2) is 8.32 Å². The minimum absolute atomic E-state index is 0.277. The number of hydrogen-bond acceptors (Lipinski definition) is 2. The van der Waals surface area contributed by atoms with Gasteiger partial charge < -0.3 is 9.16 Å². The van der Waals surface area contributed by atoms with Crippen molar-refractivity contribution in [2.45, 2.75) is 83.2 Å². The standard InChI is InChI=1S/C20H34O2Si/c1-20(2,3)23(4,5)22-18(15-19-16-21-19)14-10-9-13-17-11-7-6-8-12-17/h6-8,11-12,18-19H,9-10,13-16H2,1-5H3/t18-,19-/m1/s1. The van der Waals surface area contributed by atoms with Gasteiger partial charge in [0.25, 0.3) is 0 Å². The van der Waals surface area contributed by atoms with E-state index in [1.807, 2.05) is 0 Å². The molecule has 0 saturated carbocycles. The molecule has 1 saturated heterocycles. The quantitative estimate of drug-likeness (QED) is 0.334. The molecule has 0 amide bonds. The molecule has 1 aromatic carbocycles. The molecule has 0 aromatic heterocycles. The van der Waals surface area contributed by atoms with Gasteiger partial charge in [0.05, 0.1) is 12.7 Å². The van der Waals surface area contributed by atoms with Crippen LogP contribution in [0, 0.1) is 0 Å². The van der Waals surface area contributed by atoms with Crippen LogP contribution in [0.2, 0.25) is 18.1 Å². The second-order valence-electron chi connectivity index (χ2n) is 8.42. The molecule has 1 aliphatic rings. The van der Waals surface area contributed by atoms with Gasteiger partial charge in [0.1, 0.15) is 0 Å². The Kier molecular flexibility index (Phi) is 6.46. The van der Waals surface area contributed by atoms with Gasteiger partial charge in [-0.1, -0.05) is 57.5 Å². The molecule has 130 valence electrons. The molecular weight excluding hydrogens is 300 g/mol. The summed E-state index contributed by atoms with van der Waals surface area (Å²) in [5.41, 5.74) is 1.44. The monoisotopic (exact) mass is 334 g/mol. The Morgan fingerprint density at radius 3 is 2.39 bits per heavy atom. The molecule has 2 rings (SSSR count). The maximum absolute atomic E-state index is 6.66. The van der Waals surface area contributed by atoms with Crippen molar-refractivity contribution in [3.05, 3.63) is 35.9 Å². The molecule has 0 aliphatic carbocycles. The predicted molar refractivity (Wildman–Crippen MR) is 100 cm³/mol. The van der Waals surface area contributed by atoms with Crippen LogP contribution in [-0.4, -0.2) is 27.1 Å². The van der Waals surface area contributed by atoms with E-state index in [4.69, 9.17) is 9.16 Å². The van der Waals surface area contributed by atoms with Crippen LogP contribution in [0.5, 0.6) is 0 Å². The fourth-order valence-electron chi connectivity index (χ4n) is 2.66. The lowest BCUT2D eigenvalue weighted by atomic mass is 10.0. The Morgan fingerprint density at radius 2 is 1.83 bits per heavy atom. The van der Waals surface area contributed by atoms with Gasteiger partial charge in [-0.2, -0.15) is 0 Å². The summed E-state index contributed by atoms with van der Waals surface area (Å²) in [5, 5.41) is 0.277. The Bertz CT molecular complexity index is 460. The van der Waals surface area contributed by atoms with E-state index in [9.17, 15) is 0 Å². The van der Waals surface area contributed by atoms with Gasteiger partial charge in [-0.3, -0.25) is 0 Å². The smallest absolute Gasteiger partial charge is 0.192 e. The minimum atomic E-state index is -1.69. The molecule has 1 heterocycles. The van der Waals surface area contributed by atoms with Crippen molar-refractivity contribution in [3.63, 3.8) is 0 Å². The van der Waals surface area contributed by atoms with E-state index in [2.05, 4.69) is 64.2 Å². The first-order chi connectivity index (χ1) is 10.8. The summed E-state index contributed by atoms with van der Waals surface area (Å²) in [4.78, 5) is 0. The first kappa shape index (κ1) is 18.7. The molecular formula is C20H34O2Si. The zero-order valence-electron chi connectivity index (χ0n) is 15.6. The average molecular weight is 335 g/mol. The number of ether oxygens (including phenoxy) is 1. The van der Waals surface area contributed by atoms with Crippen molar-refractivity contribution in [1.29, 1.82) is 0 Å².